The maximum absolute atomic E-state index is 13.1. The molecule has 0 aliphatic carbocycles. The number of hydrogen-bond donors (Lipinski definition) is 1. The Hall–Kier alpha value is -2.72. The number of amides is 2. The van der Waals surface area contributed by atoms with Gasteiger partial charge in [0.05, 0.1) is 11.8 Å². The number of carboxylic acid groups (broad SMARTS) is 1. The molecule has 0 spiro atoms. The highest BCUT2D eigenvalue weighted by molar-refractivity contribution is 7.16. The zero-order valence-corrected chi connectivity index (χ0v) is 19.0. The average molecular weight is 463 g/mol. The van der Waals surface area contributed by atoms with Crippen molar-refractivity contribution in [2.75, 3.05) is 13.1 Å². The van der Waals surface area contributed by atoms with E-state index in [1.807, 2.05) is 32.3 Å². The maximum Gasteiger partial charge on any atom is 0.407 e. The summed E-state index contributed by atoms with van der Waals surface area (Å²) in [7, 11) is 0. The molecule has 1 saturated heterocycles. The fourth-order valence-corrected chi connectivity index (χ4v) is 4.98. The molecule has 31 heavy (non-hydrogen) atoms. The van der Waals surface area contributed by atoms with Crippen molar-refractivity contribution in [3.05, 3.63) is 34.7 Å². The van der Waals surface area contributed by atoms with Gasteiger partial charge in [-0.2, -0.15) is 5.10 Å². The summed E-state index contributed by atoms with van der Waals surface area (Å²) in [6.07, 6.45) is 3.69. The fourth-order valence-electron chi connectivity index (χ4n) is 4.01. The van der Waals surface area contributed by atoms with E-state index in [-0.39, 0.29) is 22.8 Å². The molecule has 0 bridgehead atoms. The SMILES string of the molecule is CC(C)(C)N(C(=O)O)C1CCN(C(=O)c2cc(Cl)nc(-c3cnn4ccsc34)n2)CC1. The molecule has 0 atom stereocenters. The van der Waals surface area contributed by atoms with Gasteiger partial charge >= 0.3 is 6.09 Å². The van der Waals surface area contributed by atoms with Crippen LogP contribution in [0.25, 0.3) is 16.2 Å². The number of likely N-dealkylation sites (tertiary alicyclic amines) is 1. The molecule has 11 heteroatoms. The van der Waals surface area contributed by atoms with E-state index in [4.69, 9.17) is 11.6 Å². The van der Waals surface area contributed by atoms with Gasteiger partial charge < -0.3 is 14.9 Å². The van der Waals surface area contributed by atoms with Crippen LogP contribution in [0.5, 0.6) is 0 Å². The lowest BCUT2D eigenvalue weighted by molar-refractivity contribution is 0.0381. The molecule has 3 aromatic heterocycles. The molecule has 0 radical (unpaired) electrons. The van der Waals surface area contributed by atoms with Crippen LogP contribution in [0.4, 0.5) is 4.79 Å². The first-order valence-corrected chi connectivity index (χ1v) is 11.2. The summed E-state index contributed by atoms with van der Waals surface area (Å²) < 4.78 is 1.72. The number of hydrogen-bond acceptors (Lipinski definition) is 6. The van der Waals surface area contributed by atoms with E-state index >= 15 is 0 Å². The number of carbonyl (C=O) groups is 2. The van der Waals surface area contributed by atoms with Gasteiger partial charge in [0.1, 0.15) is 15.7 Å². The van der Waals surface area contributed by atoms with Crippen molar-refractivity contribution < 1.29 is 14.7 Å². The number of piperidine rings is 1. The van der Waals surface area contributed by atoms with E-state index in [9.17, 15) is 14.7 Å². The second-order valence-corrected chi connectivity index (χ2v) is 9.74. The molecule has 1 fully saturated rings. The lowest BCUT2D eigenvalue weighted by atomic mass is 9.96. The van der Waals surface area contributed by atoms with Crippen molar-refractivity contribution in [2.24, 2.45) is 0 Å². The summed E-state index contributed by atoms with van der Waals surface area (Å²) in [6, 6.07) is 1.33. The van der Waals surface area contributed by atoms with Crippen LogP contribution < -0.4 is 0 Å². The number of halogens is 1. The normalized spacial score (nSPS) is 15.4. The largest absolute Gasteiger partial charge is 0.465 e. The quantitative estimate of drug-likeness (QED) is 0.592. The molecule has 1 aliphatic rings. The van der Waals surface area contributed by atoms with Crippen molar-refractivity contribution in [1.82, 2.24) is 29.4 Å². The van der Waals surface area contributed by atoms with Crippen molar-refractivity contribution >= 4 is 39.8 Å². The Balaban J connectivity index is 1.53. The minimum absolute atomic E-state index is 0.134. The molecule has 2 amide bonds. The van der Waals surface area contributed by atoms with Crippen LogP contribution in [0.1, 0.15) is 44.1 Å². The van der Waals surface area contributed by atoms with E-state index in [1.54, 1.807) is 15.6 Å². The Labute approximate surface area is 188 Å². The topological polar surface area (TPSA) is 104 Å². The summed E-state index contributed by atoms with van der Waals surface area (Å²) in [5, 5.41) is 16.0. The summed E-state index contributed by atoms with van der Waals surface area (Å²) in [4.78, 5) is 37.7. The van der Waals surface area contributed by atoms with Gasteiger partial charge in [0.2, 0.25) is 0 Å². The van der Waals surface area contributed by atoms with Gasteiger partial charge in [-0.05, 0) is 33.6 Å². The molecule has 164 valence electrons. The van der Waals surface area contributed by atoms with Gasteiger partial charge in [0.15, 0.2) is 5.82 Å². The van der Waals surface area contributed by atoms with Crippen molar-refractivity contribution in [1.29, 1.82) is 0 Å². The number of rotatable bonds is 3. The lowest BCUT2D eigenvalue weighted by Crippen LogP contribution is -2.55. The molecular formula is C20H23ClN6O3S. The monoisotopic (exact) mass is 462 g/mol. The zero-order chi connectivity index (χ0) is 22.3. The minimum atomic E-state index is -0.939. The van der Waals surface area contributed by atoms with Gasteiger partial charge in [-0.3, -0.25) is 4.79 Å². The number of nitrogens with zero attached hydrogens (tertiary/aromatic N) is 6. The summed E-state index contributed by atoms with van der Waals surface area (Å²) in [6.45, 7) is 6.53. The number of thiazole rings is 1. The van der Waals surface area contributed by atoms with E-state index in [1.165, 1.54) is 22.3 Å². The first kappa shape index (κ1) is 21.5. The molecule has 3 aromatic rings. The van der Waals surface area contributed by atoms with E-state index in [2.05, 4.69) is 15.1 Å². The summed E-state index contributed by atoms with van der Waals surface area (Å²) in [5.74, 6) is 0.115. The third-order valence-corrected chi connectivity index (χ3v) is 6.41. The van der Waals surface area contributed by atoms with E-state index in [0.717, 1.165) is 4.83 Å². The second-order valence-electron chi connectivity index (χ2n) is 8.46. The van der Waals surface area contributed by atoms with Crippen LogP contribution in [0, 0.1) is 0 Å². The van der Waals surface area contributed by atoms with Crippen LogP contribution in [-0.4, -0.2) is 71.2 Å². The van der Waals surface area contributed by atoms with Crippen LogP contribution >= 0.6 is 22.9 Å². The van der Waals surface area contributed by atoms with Crippen LogP contribution in [0.3, 0.4) is 0 Å². The number of fused-ring (bicyclic) bond motifs is 1. The third kappa shape index (κ3) is 4.22. The first-order chi connectivity index (χ1) is 14.6. The van der Waals surface area contributed by atoms with Gasteiger partial charge in [0, 0.05) is 42.3 Å². The van der Waals surface area contributed by atoms with E-state index < -0.39 is 11.6 Å². The molecular weight excluding hydrogens is 440 g/mol. The van der Waals surface area contributed by atoms with Crippen LogP contribution in [-0.2, 0) is 0 Å². The Morgan fingerprint density at radius 1 is 1.26 bits per heavy atom. The maximum atomic E-state index is 13.1. The second kappa shape index (κ2) is 8.08. The number of carbonyl (C=O) groups excluding carboxylic acids is 1. The third-order valence-electron chi connectivity index (χ3n) is 5.33. The standard InChI is InChI=1S/C20H23ClN6O3S/c1-20(2,3)27(19(29)30)12-4-6-25(7-5-12)17(28)14-10-15(21)24-16(23-14)13-11-22-26-8-9-31-18(13)26/h8-12H,4-7H2,1-3H3,(H,29,30). The number of aromatic nitrogens is 4. The smallest absolute Gasteiger partial charge is 0.407 e. The van der Waals surface area contributed by atoms with Crippen LogP contribution in [0.15, 0.2) is 23.8 Å². The Bertz CT molecular complexity index is 1130. The molecule has 1 N–H and O–H groups in total. The predicted molar refractivity (Wildman–Crippen MR) is 118 cm³/mol. The lowest BCUT2D eigenvalue weighted by Gasteiger charge is -2.43. The van der Waals surface area contributed by atoms with E-state index in [0.29, 0.717) is 37.3 Å². The van der Waals surface area contributed by atoms with Gasteiger partial charge in [0.25, 0.3) is 5.91 Å². The highest BCUT2D eigenvalue weighted by Crippen LogP contribution is 2.28. The van der Waals surface area contributed by atoms with Gasteiger partial charge in [-0.25, -0.2) is 19.3 Å². The Morgan fingerprint density at radius 2 is 1.97 bits per heavy atom. The molecule has 9 nitrogen and oxygen atoms in total. The zero-order valence-electron chi connectivity index (χ0n) is 17.4. The molecule has 0 unspecified atom stereocenters. The average Bonchev–Trinajstić information content (AvgIpc) is 3.30. The molecule has 4 rings (SSSR count). The molecule has 0 aromatic carbocycles. The molecule has 4 heterocycles. The predicted octanol–water partition coefficient (Wildman–Crippen LogP) is 3.89. The van der Waals surface area contributed by atoms with Gasteiger partial charge in [-0.1, -0.05) is 11.6 Å². The van der Waals surface area contributed by atoms with Gasteiger partial charge in [-0.15, -0.1) is 11.3 Å². The molecule has 1 aliphatic heterocycles. The summed E-state index contributed by atoms with van der Waals surface area (Å²) >= 11 is 7.71. The Kier molecular flexibility index (Phi) is 5.61. The van der Waals surface area contributed by atoms with Crippen LogP contribution in [0.2, 0.25) is 5.15 Å². The highest BCUT2D eigenvalue weighted by atomic mass is 35.5. The fraction of sp³-hybridized carbons (Fsp3) is 0.450. The highest BCUT2D eigenvalue weighted by Gasteiger charge is 2.36. The van der Waals surface area contributed by atoms with Crippen molar-refractivity contribution in [3.63, 3.8) is 0 Å². The molecule has 0 saturated carbocycles. The Morgan fingerprint density at radius 3 is 2.61 bits per heavy atom. The first-order valence-electron chi connectivity index (χ1n) is 9.92. The minimum Gasteiger partial charge on any atom is -0.465 e. The summed E-state index contributed by atoms with van der Waals surface area (Å²) in [5.41, 5.74) is 0.430. The van der Waals surface area contributed by atoms with Crippen molar-refractivity contribution in [3.8, 4) is 11.4 Å². The van der Waals surface area contributed by atoms with Crippen molar-refractivity contribution in [2.45, 2.75) is 45.2 Å².